The summed E-state index contributed by atoms with van der Waals surface area (Å²) < 4.78 is 0. The van der Waals surface area contributed by atoms with Gasteiger partial charge in [0.25, 0.3) is 0 Å². The topological polar surface area (TPSA) is 69.6 Å². The van der Waals surface area contributed by atoms with Crippen molar-refractivity contribution in [3.63, 3.8) is 0 Å². The molecule has 1 fully saturated rings. The second-order valence-corrected chi connectivity index (χ2v) is 4.66. The van der Waals surface area contributed by atoms with E-state index >= 15 is 0 Å². The van der Waals surface area contributed by atoms with E-state index in [9.17, 15) is 9.59 Å². The molecule has 1 saturated heterocycles. The van der Waals surface area contributed by atoms with Gasteiger partial charge in [-0.15, -0.1) is 0 Å². The summed E-state index contributed by atoms with van der Waals surface area (Å²) in [5.41, 5.74) is 0. The predicted octanol–water partition coefficient (Wildman–Crippen LogP) is 1.68. The van der Waals surface area contributed by atoms with Gasteiger partial charge in [-0.25, -0.2) is 4.79 Å². The minimum atomic E-state index is -0.780. The summed E-state index contributed by atoms with van der Waals surface area (Å²) in [7, 11) is 0. The number of hydrogen-bond acceptors (Lipinski definition) is 2. The van der Waals surface area contributed by atoms with Crippen LogP contribution in [0.4, 0.5) is 4.79 Å². The smallest absolute Gasteiger partial charge is 0.317 e. The Morgan fingerprint density at radius 3 is 2.59 bits per heavy atom. The number of likely N-dealkylation sites (tertiary alicyclic amines) is 1. The maximum atomic E-state index is 11.9. The molecule has 0 saturated carbocycles. The van der Waals surface area contributed by atoms with E-state index in [0.29, 0.717) is 13.1 Å². The minimum absolute atomic E-state index is 0.0495. The number of nitrogens with one attached hydrogen (secondary N) is 1. The first-order chi connectivity index (χ1) is 8.06. The first-order valence-corrected chi connectivity index (χ1v) is 6.34. The average Bonchev–Trinajstić information content (AvgIpc) is 2.73. The quantitative estimate of drug-likeness (QED) is 0.770. The fourth-order valence-electron chi connectivity index (χ4n) is 2.19. The third-order valence-corrected chi connectivity index (χ3v) is 3.35. The van der Waals surface area contributed by atoms with E-state index in [1.165, 1.54) is 0 Å². The molecule has 0 bridgehead atoms. The third kappa shape index (κ3) is 4.24. The van der Waals surface area contributed by atoms with Gasteiger partial charge in [-0.1, -0.05) is 13.8 Å². The zero-order valence-corrected chi connectivity index (χ0v) is 10.6. The maximum absolute atomic E-state index is 11.9. The Bertz CT molecular complexity index is 277. The Morgan fingerprint density at radius 2 is 2.06 bits per heavy atom. The second kappa shape index (κ2) is 6.47. The van der Waals surface area contributed by atoms with Gasteiger partial charge in [-0.05, 0) is 25.2 Å². The number of rotatable bonds is 5. The number of carboxylic acid groups (broad SMARTS) is 1. The molecule has 2 amide bonds. The number of hydrogen-bond donors (Lipinski definition) is 2. The van der Waals surface area contributed by atoms with E-state index in [0.717, 1.165) is 19.3 Å². The van der Waals surface area contributed by atoms with Crippen molar-refractivity contribution in [1.29, 1.82) is 0 Å². The molecular weight excluding hydrogens is 220 g/mol. The van der Waals surface area contributed by atoms with Crippen LogP contribution in [0.1, 0.15) is 39.5 Å². The third-order valence-electron chi connectivity index (χ3n) is 3.35. The van der Waals surface area contributed by atoms with Crippen LogP contribution >= 0.6 is 0 Å². The molecule has 1 unspecified atom stereocenters. The monoisotopic (exact) mass is 242 g/mol. The molecule has 1 aliphatic rings. The van der Waals surface area contributed by atoms with E-state index < -0.39 is 5.97 Å². The highest BCUT2D eigenvalue weighted by Crippen LogP contribution is 2.19. The average molecular weight is 242 g/mol. The number of urea groups is 1. The lowest BCUT2D eigenvalue weighted by Crippen LogP contribution is -2.43. The number of carbonyl (C=O) groups excluding carboxylic acids is 1. The summed E-state index contributed by atoms with van der Waals surface area (Å²) in [5.74, 6) is -0.669. The zero-order valence-electron chi connectivity index (χ0n) is 10.6. The summed E-state index contributed by atoms with van der Waals surface area (Å²) in [6.45, 7) is 5.33. The van der Waals surface area contributed by atoms with E-state index in [1.54, 1.807) is 4.90 Å². The Labute approximate surface area is 102 Å². The molecule has 98 valence electrons. The highest BCUT2D eigenvalue weighted by molar-refractivity contribution is 5.75. The molecule has 1 aliphatic heterocycles. The van der Waals surface area contributed by atoms with Crippen molar-refractivity contribution in [1.82, 2.24) is 10.2 Å². The molecule has 1 atom stereocenters. The maximum Gasteiger partial charge on any atom is 0.317 e. The zero-order chi connectivity index (χ0) is 12.8. The van der Waals surface area contributed by atoms with Crippen molar-refractivity contribution >= 4 is 12.0 Å². The van der Waals surface area contributed by atoms with Gasteiger partial charge >= 0.3 is 12.0 Å². The first kappa shape index (κ1) is 13.8. The standard InChI is InChI=1S/C12H22N2O3/c1-3-10(4-2)13-12(17)14-6-5-9(8-14)7-11(15)16/h9-10H,3-8H2,1-2H3,(H,13,17)(H,15,16). The van der Waals surface area contributed by atoms with Gasteiger partial charge in [0.15, 0.2) is 0 Å². The van der Waals surface area contributed by atoms with Crippen molar-refractivity contribution in [2.24, 2.45) is 5.92 Å². The lowest BCUT2D eigenvalue weighted by Gasteiger charge is -2.21. The Morgan fingerprint density at radius 1 is 1.41 bits per heavy atom. The number of carbonyl (C=O) groups is 2. The van der Waals surface area contributed by atoms with E-state index in [2.05, 4.69) is 5.32 Å². The van der Waals surface area contributed by atoms with Crippen LogP contribution in [-0.4, -0.2) is 41.1 Å². The van der Waals surface area contributed by atoms with Crippen LogP contribution in [0, 0.1) is 5.92 Å². The summed E-state index contributed by atoms with van der Waals surface area (Å²) in [6.07, 6.45) is 2.81. The van der Waals surface area contributed by atoms with Crippen molar-refractivity contribution in [3.05, 3.63) is 0 Å². The molecule has 0 spiro atoms. The van der Waals surface area contributed by atoms with Crippen molar-refractivity contribution in [2.75, 3.05) is 13.1 Å². The van der Waals surface area contributed by atoms with Crippen molar-refractivity contribution in [3.8, 4) is 0 Å². The van der Waals surface area contributed by atoms with Gasteiger partial charge in [0.1, 0.15) is 0 Å². The van der Waals surface area contributed by atoms with Gasteiger partial charge in [-0.3, -0.25) is 4.79 Å². The van der Waals surface area contributed by atoms with Crippen molar-refractivity contribution in [2.45, 2.75) is 45.6 Å². The lowest BCUT2D eigenvalue weighted by atomic mass is 10.1. The van der Waals surface area contributed by atoms with Crippen LogP contribution < -0.4 is 5.32 Å². The SMILES string of the molecule is CCC(CC)NC(=O)N1CCC(CC(=O)O)C1. The largest absolute Gasteiger partial charge is 0.481 e. The molecule has 5 heteroatoms. The van der Waals surface area contributed by atoms with Gasteiger partial charge < -0.3 is 15.3 Å². The van der Waals surface area contributed by atoms with Gasteiger partial charge in [-0.2, -0.15) is 0 Å². The molecule has 1 rings (SSSR count). The Kier molecular flexibility index (Phi) is 5.25. The molecule has 0 aliphatic carbocycles. The van der Waals surface area contributed by atoms with Crippen molar-refractivity contribution < 1.29 is 14.7 Å². The Hall–Kier alpha value is -1.26. The highest BCUT2D eigenvalue weighted by Gasteiger charge is 2.28. The minimum Gasteiger partial charge on any atom is -0.481 e. The summed E-state index contributed by atoms with van der Waals surface area (Å²) in [4.78, 5) is 24.2. The number of carboxylic acids is 1. The predicted molar refractivity (Wildman–Crippen MR) is 64.8 cm³/mol. The molecule has 0 radical (unpaired) electrons. The van der Waals surface area contributed by atoms with Crippen LogP contribution in [0.3, 0.4) is 0 Å². The first-order valence-electron chi connectivity index (χ1n) is 6.34. The molecule has 2 N–H and O–H groups in total. The van der Waals surface area contributed by atoms with Crippen LogP contribution in [0.15, 0.2) is 0 Å². The summed E-state index contributed by atoms with van der Waals surface area (Å²) >= 11 is 0. The van der Waals surface area contributed by atoms with Gasteiger partial charge in [0, 0.05) is 25.6 Å². The van der Waals surface area contributed by atoms with Gasteiger partial charge in [0.2, 0.25) is 0 Å². The molecule has 0 aromatic carbocycles. The normalized spacial score (nSPS) is 19.7. The lowest BCUT2D eigenvalue weighted by molar-refractivity contribution is -0.138. The van der Waals surface area contributed by atoms with Crippen LogP contribution in [-0.2, 0) is 4.79 Å². The number of nitrogens with zero attached hydrogens (tertiary/aromatic N) is 1. The number of aliphatic carboxylic acids is 1. The summed E-state index contributed by atoms with van der Waals surface area (Å²) in [5, 5.41) is 11.7. The van der Waals surface area contributed by atoms with Gasteiger partial charge in [0.05, 0.1) is 0 Å². The molecular formula is C12H22N2O3. The molecule has 0 aromatic heterocycles. The molecule has 0 aromatic rings. The Balaban J connectivity index is 2.37. The van der Waals surface area contributed by atoms with Crippen LogP contribution in [0.2, 0.25) is 0 Å². The van der Waals surface area contributed by atoms with Crippen LogP contribution in [0.5, 0.6) is 0 Å². The van der Waals surface area contributed by atoms with E-state index in [-0.39, 0.29) is 24.4 Å². The van der Waals surface area contributed by atoms with Crippen LogP contribution in [0.25, 0.3) is 0 Å². The summed E-state index contributed by atoms with van der Waals surface area (Å²) in [6, 6.07) is 0.174. The van der Waals surface area contributed by atoms with E-state index in [1.807, 2.05) is 13.8 Å². The molecule has 17 heavy (non-hydrogen) atoms. The number of amides is 2. The van der Waals surface area contributed by atoms with E-state index in [4.69, 9.17) is 5.11 Å². The fraction of sp³-hybridized carbons (Fsp3) is 0.833. The second-order valence-electron chi connectivity index (χ2n) is 4.66. The fourth-order valence-corrected chi connectivity index (χ4v) is 2.19. The molecule has 1 heterocycles. The molecule has 5 nitrogen and oxygen atoms in total. The highest BCUT2D eigenvalue weighted by atomic mass is 16.4.